The van der Waals surface area contributed by atoms with Crippen LogP contribution in [0.1, 0.15) is 33.7 Å². The summed E-state index contributed by atoms with van der Waals surface area (Å²) in [6, 6.07) is 12.5. The fourth-order valence-electron chi connectivity index (χ4n) is 2.88. The van der Waals surface area contributed by atoms with Gasteiger partial charge < -0.3 is 14.5 Å². The summed E-state index contributed by atoms with van der Waals surface area (Å²) in [4.78, 5) is 29.1. The summed E-state index contributed by atoms with van der Waals surface area (Å²) in [5.74, 6) is 1.51. The molecule has 8 nitrogen and oxygen atoms in total. The lowest BCUT2D eigenvalue weighted by molar-refractivity contribution is 0.0983. The Morgan fingerprint density at radius 1 is 1.23 bits per heavy atom. The van der Waals surface area contributed by atoms with Crippen LogP contribution in [0, 0.1) is 0 Å². The molecule has 4 rings (SSSR count). The van der Waals surface area contributed by atoms with Crippen LogP contribution >= 0.6 is 11.3 Å². The van der Waals surface area contributed by atoms with Crippen molar-refractivity contribution in [2.45, 2.75) is 13.5 Å². The maximum absolute atomic E-state index is 12.8. The lowest BCUT2D eigenvalue weighted by Gasteiger charge is -2.05. The van der Waals surface area contributed by atoms with Crippen LogP contribution in [0.4, 0.5) is 5.82 Å². The summed E-state index contributed by atoms with van der Waals surface area (Å²) in [6.07, 6.45) is 1.72. The highest BCUT2D eigenvalue weighted by Crippen LogP contribution is 2.30. The molecule has 0 unspecified atom stereocenters. The van der Waals surface area contributed by atoms with E-state index in [4.69, 9.17) is 9.15 Å². The van der Waals surface area contributed by atoms with Crippen LogP contribution in [0.3, 0.4) is 0 Å². The smallest absolute Gasteiger partial charge is 0.276 e. The number of benzene rings is 1. The van der Waals surface area contributed by atoms with Gasteiger partial charge >= 0.3 is 0 Å². The van der Waals surface area contributed by atoms with Crippen LogP contribution in [0.25, 0.3) is 10.4 Å². The molecule has 3 aromatic heterocycles. The van der Waals surface area contributed by atoms with E-state index in [1.807, 2.05) is 24.3 Å². The maximum Gasteiger partial charge on any atom is 0.276 e. The predicted molar refractivity (Wildman–Crippen MR) is 112 cm³/mol. The van der Waals surface area contributed by atoms with E-state index in [2.05, 4.69) is 15.4 Å². The monoisotopic (exact) mass is 422 g/mol. The second-order valence-corrected chi connectivity index (χ2v) is 7.29. The Kier molecular flexibility index (Phi) is 5.44. The van der Waals surface area contributed by atoms with Crippen molar-refractivity contribution in [1.82, 2.24) is 14.8 Å². The van der Waals surface area contributed by atoms with E-state index in [-0.39, 0.29) is 11.7 Å². The highest BCUT2D eigenvalue weighted by molar-refractivity contribution is 7.13. The molecule has 9 heteroatoms. The minimum atomic E-state index is -0.351. The molecule has 152 valence electrons. The van der Waals surface area contributed by atoms with Crippen LogP contribution < -0.4 is 10.1 Å². The van der Waals surface area contributed by atoms with E-state index in [0.29, 0.717) is 35.3 Å². The molecular weight excluding hydrogens is 404 g/mol. The molecule has 1 aromatic carbocycles. The van der Waals surface area contributed by atoms with Gasteiger partial charge in [0.1, 0.15) is 17.2 Å². The number of ether oxygens (including phenoxy) is 1. The van der Waals surface area contributed by atoms with Gasteiger partial charge in [0.05, 0.1) is 24.0 Å². The third-order valence-electron chi connectivity index (χ3n) is 4.32. The van der Waals surface area contributed by atoms with E-state index in [0.717, 1.165) is 10.4 Å². The third-order valence-corrected chi connectivity index (χ3v) is 5.20. The largest absolute Gasteiger partial charge is 0.497 e. The van der Waals surface area contributed by atoms with Crippen molar-refractivity contribution in [1.29, 1.82) is 0 Å². The number of nitrogens with zero attached hydrogens (tertiary/aromatic N) is 3. The van der Waals surface area contributed by atoms with E-state index < -0.39 is 0 Å². The average molecular weight is 422 g/mol. The number of ketones is 1. The van der Waals surface area contributed by atoms with Crippen LogP contribution in [-0.2, 0) is 6.54 Å². The van der Waals surface area contributed by atoms with Gasteiger partial charge in [0.2, 0.25) is 0 Å². The SMILES string of the molecule is COc1cccc(-c2scnc2C(=O)Nc2ccn(Cc3ccc(C(C)=O)o3)n2)c1. The molecule has 0 saturated heterocycles. The molecule has 0 aliphatic heterocycles. The van der Waals surface area contributed by atoms with Crippen LogP contribution in [-0.4, -0.2) is 33.6 Å². The molecule has 30 heavy (non-hydrogen) atoms. The number of Topliss-reactive ketones (excluding diaryl/α,β-unsaturated/α-hetero) is 1. The molecule has 3 heterocycles. The van der Waals surface area contributed by atoms with E-state index in [9.17, 15) is 9.59 Å². The normalized spacial score (nSPS) is 10.7. The van der Waals surface area contributed by atoms with Crippen molar-refractivity contribution in [2.75, 3.05) is 12.4 Å². The molecule has 0 fully saturated rings. The number of carbonyl (C=O) groups excluding carboxylic acids is 2. The lowest BCUT2D eigenvalue weighted by atomic mass is 10.1. The maximum atomic E-state index is 12.8. The second kappa shape index (κ2) is 8.34. The highest BCUT2D eigenvalue weighted by Gasteiger charge is 2.18. The summed E-state index contributed by atoms with van der Waals surface area (Å²) in [7, 11) is 1.60. The molecule has 0 spiro atoms. The summed E-state index contributed by atoms with van der Waals surface area (Å²) in [5.41, 5.74) is 2.80. The van der Waals surface area contributed by atoms with Gasteiger partial charge in [0.15, 0.2) is 17.4 Å². The molecule has 1 N–H and O–H groups in total. The molecule has 0 saturated carbocycles. The van der Waals surface area contributed by atoms with Crippen molar-refractivity contribution in [3.63, 3.8) is 0 Å². The Bertz CT molecular complexity index is 1210. The minimum absolute atomic E-state index is 0.134. The zero-order valence-electron chi connectivity index (χ0n) is 16.3. The molecule has 4 aromatic rings. The number of nitrogens with one attached hydrogen (secondary N) is 1. The minimum Gasteiger partial charge on any atom is -0.497 e. The van der Waals surface area contributed by atoms with Crippen molar-refractivity contribution < 1.29 is 18.7 Å². The number of anilines is 1. The topological polar surface area (TPSA) is 99.2 Å². The first-order valence-corrected chi connectivity index (χ1v) is 9.94. The molecule has 0 aliphatic carbocycles. The van der Waals surface area contributed by atoms with E-state index in [1.54, 1.807) is 41.7 Å². The zero-order chi connectivity index (χ0) is 21.1. The molecule has 0 atom stereocenters. The van der Waals surface area contributed by atoms with Gasteiger partial charge in [0.25, 0.3) is 5.91 Å². The number of amides is 1. The van der Waals surface area contributed by atoms with Gasteiger partial charge in [-0.25, -0.2) is 4.98 Å². The third kappa shape index (κ3) is 4.15. The van der Waals surface area contributed by atoms with E-state index in [1.165, 1.54) is 18.3 Å². The predicted octanol–water partition coefficient (Wildman–Crippen LogP) is 4.11. The number of carbonyl (C=O) groups is 2. The Balaban J connectivity index is 1.47. The second-order valence-electron chi connectivity index (χ2n) is 6.44. The molecule has 0 bridgehead atoms. The summed E-state index contributed by atoms with van der Waals surface area (Å²) in [6.45, 7) is 1.79. The first-order valence-electron chi connectivity index (χ1n) is 9.06. The quantitative estimate of drug-likeness (QED) is 0.450. The number of aromatic nitrogens is 3. The zero-order valence-corrected chi connectivity index (χ0v) is 17.1. The van der Waals surface area contributed by atoms with E-state index >= 15 is 0 Å². The van der Waals surface area contributed by atoms with Gasteiger partial charge in [-0.3, -0.25) is 14.3 Å². The van der Waals surface area contributed by atoms with Crippen molar-refractivity contribution in [3.8, 4) is 16.2 Å². The summed E-state index contributed by atoms with van der Waals surface area (Å²) < 4.78 is 12.3. The number of methoxy groups -OCH3 is 1. The summed E-state index contributed by atoms with van der Waals surface area (Å²) >= 11 is 1.38. The lowest BCUT2D eigenvalue weighted by Crippen LogP contribution is -2.14. The number of hydrogen-bond donors (Lipinski definition) is 1. The van der Waals surface area contributed by atoms with Gasteiger partial charge in [-0.15, -0.1) is 11.3 Å². The first-order chi connectivity index (χ1) is 14.5. The number of rotatable bonds is 7. The van der Waals surface area contributed by atoms with Crippen molar-refractivity contribution >= 4 is 28.8 Å². The van der Waals surface area contributed by atoms with Gasteiger partial charge in [-0.2, -0.15) is 5.10 Å². The Morgan fingerprint density at radius 2 is 2.10 bits per heavy atom. The van der Waals surface area contributed by atoms with Gasteiger partial charge in [-0.1, -0.05) is 12.1 Å². The number of thiazole rings is 1. The molecule has 1 amide bonds. The Morgan fingerprint density at radius 3 is 2.87 bits per heavy atom. The standard InChI is InChI=1S/C21H18N4O4S/c1-13(26)17-7-6-16(29-17)11-25-9-8-18(24-25)23-21(27)19-20(30-12-22-19)14-4-3-5-15(10-14)28-2/h3-10,12H,11H2,1-2H3,(H,23,24,27). The molecule has 0 aliphatic rings. The first kappa shape index (κ1) is 19.6. The summed E-state index contributed by atoms with van der Waals surface area (Å²) in [5, 5.41) is 7.10. The van der Waals surface area contributed by atoms with Gasteiger partial charge in [-0.05, 0) is 29.8 Å². The van der Waals surface area contributed by atoms with Crippen LogP contribution in [0.15, 0.2) is 58.6 Å². The van der Waals surface area contributed by atoms with Crippen LogP contribution in [0.5, 0.6) is 5.75 Å². The molecule has 0 radical (unpaired) electrons. The fraction of sp³-hybridized carbons (Fsp3) is 0.143. The Labute approximate surface area is 176 Å². The van der Waals surface area contributed by atoms with Crippen molar-refractivity contribution in [3.05, 3.63) is 71.4 Å². The fourth-order valence-corrected chi connectivity index (χ4v) is 3.66. The Hall–Kier alpha value is -3.72. The van der Waals surface area contributed by atoms with Crippen molar-refractivity contribution in [2.24, 2.45) is 0 Å². The number of hydrogen-bond acceptors (Lipinski definition) is 7. The van der Waals surface area contributed by atoms with Crippen LogP contribution in [0.2, 0.25) is 0 Å². The average Bonchev–Trinajstić information content (AvgIpc) is 3.49. The number of furan rings is 1. The van der Waals surface area contributed by atoms with Gasteiger partial charge in [0, 0.05) is 19.2 Å². The molecular formula is C21H18N4O4S. The highest BCUT2D eigenvalue weighted by atomic mass is 32.1.